The molecular formula is C47H33N3. The van der Waals surface area contributed by atoms with Gasteiger partial charge >= 0.3 is 0 Å². The fraction of sp³-hybridized carbons (Fsp3) is 0.0426. The molecule has 50 heavy (non-hydrogen) atoms. The van der Waals surface area contributed by atoms with Crippen molar-refractivity contribution in [3.05, 3.63) is 199 Å². The number of pyridine rings is 1. The average Bonchev–Trinajstić information content (AvgIpc) is 3.21. The highest BCUT2D eigenvalue weighted by molar-refractivity contribution is 5.84. The molecule has 0 fully saturated rings. The van der Waals surface area contributed by atoms with Crippen molar-refractivity contribution in [3.8, 4) is 56.0 Å². The van der Waals surface area contributed by atoms with Crippen molar-refractivity contribution < 1.29 is 0 Å². The van der Waals surface area contributed by atoms with E-state index in [4.69, 9.17) is 15.0 Å². The number of allylic oxidation sites excluding steroid dienone is 5. The van der Waals surface area contributed by atoms with Crippen molar-refractivity contribution in [3.63, 3.8) is 0 Å². The quantitative estimate of drug-likeness (QED) is 0.182. The Balaban J connectivity index is 1.14. The molecule has 3 nitrogen and oxygen atoms in total. The summed E-state index contributed by atoms with van der Waals surface area (Å²) in [7, 11) is 0. The van der Waals surface area contributed by atoms with E-state index in [-0.39, 0.29) is 5.92 Å². The van der Waals surface area contributed by atoms with E-state index < -0.39 is 0 Å². The summed E-state index contributed by atoms with van der Waals surface area (Å²) in [5.41, 5.74) is 15.4. The minimum atomic E-state index is 0.186. The van der Waals surface area contributed by atoms with Gasteiger partial charge in [-0.25, -0.2) is 15.0 Å². The van der Waals surface area contributed by atoms with Gasteiger partial charge in [-0.15, -0.1) is 0 Å². The van der Waals surface area contributed by atoms with Gasteiger partial charge in [-0.05, 0) is 70.2 Å². The first-order valence-electron chi connectivity index (χ1n) is 17.1. The van der Waals surface area contributed by atoms with Gasteiger partial charge in [0.15, 0.2) is 5.82 Å². The van der Waals surface area contributed by atoms with Crippen LogP contribution >= 0.6 is 0 Å². The van der Waals surface area contributed by atoms with Gasteiger partial charge in [0.1, 0.15) is 0 Å². The fourth-order valence-corrected chi connectivity index (χ4v) is 7.15. The first-order valence-corrected chi connectivity index (χ1v) is 17.1. The molecule has 9 rings (SSSR count). The van der Waals surface area contributed by atoms with Gasteiger partial charge in [0.05, 0.1) is 22.8 Å². The molecule has 0 bridgehead atoms. The van der Waals surface area contributed by atoms with Gasteiger partial charge in [0, 0.05) is 28.2 Å². The highest BCUT2D eigenvalue weighted by Crippen LogP contribution is 2.46. The summed E-state index contributed by atoms with van der Waals surface area (Å²) in [4.78, 5) is 15.6. The Hall–Kier alpha value is -6.45. The number of hydrogen-bond acceptors (Lipinski definition) is 3. The number of hydrogen-bond donors (Lipinski definition) is 0. The molecule has 1 atom stereocenters. The first-order chi connectivity index (χ1) is 24.8. The summed E-state index contributed by atoms with van der Waals surface area (Å²) < 4.78 is 0. The fourth-order valence-electron chi connectivity index (χ4n) is 7.15. The Morgan fingerprint density at radius 3 is 1.64 bits per heavy atom. The minimum Gasteiger partial charge on any atom is -0.248 e. The van der Waals surface area contributed by atoms with Gasteiger partial charge in [-0.1, -0.05) is 152 Å². The van der Waals surface area contributed by atoms with Crippen LogP contribution in [0.3, 0.4) is 0 Å². The number of nitrogens with zero attached hydrogens (tertiary/aromatic N) is 3. The normalized spacial score (nSPS) is 14.7. The number of fused-ring (bicyclic) bond motifs is 3. The standard InChI is InChI=1S/C47H33N3/c1-5-14-32(15-6-1)36-22-13-23-38(28-36)45-31-44(35-20-11-4-12-21-35)49-47(50-45)39-24-26-40-37(29-39)25-27-42-46(40)41(33-16-7-2-8-17-33)30-43(48-42)34-18-9-3-10-19-34/h1-25,27-31,40H,26H2. The summed E-state index contributed by atoms with van der Waals surface area (Å²) in [6.07, 6.45) is 9.85. The molecule has 7 aromatic rings. The smallest absolute Gasteiger partial charge is 0.160 e. The average molecular weight is 640 g/mol. The van der Waals surface area contributed by atoms with Gasteiger partial charge in [0.2, 0.25) is 0 Å². The van der Waals surface area contributed by atoms with E-state index >= 15 is 0 Å². The lowest BCUT2D eigenvalue weighted by molar-refractivity contribution is 0.806. The van der Waals surface area contributed by atoms with Crippen LogP contribution in [0.1, 0.15) is 29.4 Å². The van der Waals surface area contributed by atoms with E-state index in [0.717, 1.165) is 62.8 Å². The van der Waals surface area contributed by atoms with Crippen LogP contribution < -0.4 is 0 Å². The highest BCUT2D eigenvalue weighted by Gasteiger charge is 2.29. The third kappa shape index (κ3) is 5.69. The maximum absolute atomic E-state index is 5.22. The summed E-state index contributed by atoms with van der Waals surface area (Å²) in [6.45, 7) is 0. The van der Waals surface area contributed by atoms with Crippen LogP contribution in [0.2, 0.25) is 0 Å². The molecule has 3 heteroatoms. The Bertz CT molecular complexity index is 2430. The van der Waals surface area contributed by atoms with E-state index in [2.05, 4.69) is 164 Å². The van der Waals surface area contributed by atoms with E-state index in [9.17, 15) is 0 Å². The SMILES string of the molecule is C1=Cc2nc(-c3ccccc3)cc(-c3ccccc3)c2C2CC=C(c3nc(-c4ccccc4)cc(-c4cccc(-c5ccccc5)c4)n3)C=C12. The van der Waals surface area contributed by atoms with E-state index in [1.54, 1.807) is 0 Å². The van der Waals surface area contributed by atoms with E-state index in [1.807, 2.05) is 18.2 Å². The molecule has 0 N–H and O–H groups in total. The van der Waals surface area contributed by atoms with Gasteiger partial charge < -0.3 is 0 Å². The maximum Gasteiger partial charge on any atom is 0.160 e. The molecule has 0 radical (unpaired) electrons. The van der Waals surface area contributed by atoms with Crippen molar-refractivity contribution >= 4 is 11.6 Å². The van der Waals surface area contributed by atoms with E-state index in [0.29, 0.717) is 0 Å². The van der Waals surface area contributed by atoms with Crippen LogP contribution in [-0.4, -0.2) is 15.0 Å². The second kappa shape index (κ2) is 12.9. The molecule has 0 amide bonds. The van der Waals surface area contributed by atoms with Crippen LogP contribution in [0, 0.1) is 0 Å². The largest absolute Gasteiger partial charge is 0.248 e. The summed E-state index contributed by atoms with van der Waals surface area (Å²) in [5.74, 6) is 0.919. The van der Waals surface area contributed by atoms with Gasteiger partial charge in [0.25, 0.3) is 0 Å². The van der Waals surface area contributed by atoms with Gasteiger partial charge in [-0.2, -0.15) is 0 Å². The molecule has 236 valence electrons. The first kappa shape index (κ1) is 29.7. The lowest BCUT2D eigenvalue weighted by Crippen LogP contribution is -2.13. The molecule has 0 spiro atoms. The lowest BCUT2D eigenvalue weighted by atomic mass is 9.76. The Morgan fingerprint density at radius 2 is 0.980 bits per heavy atom. The topological polar surface area (TPSA) is 38.7 Å². The number of rotatable bonds is 6. The summed E-state index contributed by atoms with van der Waals surface area (Å²) in [5, 5.41) is 0. The van der Waals surface area contributed by atoms with Crippen molar-refractivity contribution in [1.29, 1.82) is 0 Å². The van der Waals surface area contributed by atoms with Crippen LogP contribution in [0.4, 0.5) is 0 Å². The van der Waals surface area contributed by atoms with Crippen LogP contribution in [-0.2, 0) is 0 Å². The summed E-state index contributed by atoms with van der Waals surface area (Å²) >= 11 is 0. The molecule has 0 aliphatic heterocycles. The third-order valence-electron chi connectivity index (χ3n) is 9.64. The predicted molar refractivity (Wildman–Crippen MR) is 206 cm³/mol. The van der Waals surface area contributed by atoms with Crippen molar-refractivity contribution in [1.82, 2.24) is 15.0 Å². The molecule has 0 saturated heterocycles. The third-order valence-corrected chi connectivity index (χ3v) is 9.64. The molecule has 0 saturated carbocycles. The molecule has 2 aromatic heterocycles. The lowest BCUT2D eigenvalue weighted by Gasteiger charge is -2.29. The molecule has 5 aromatic carbocycles. The maximum atomic E-state index is 5.22. The van der Waals surface area contributed by atoms with Crippen molar-refractivity contribution in [2.24, 2.45) is 0 Å². The molecule has 2 aliphatic carbocycles. The van der Waals surface area contributed by atoms with Crippen molar-refractivity contribution in [2.75, 3.05) is 0 Å². The second-order valence-corrected chi connectivity index (χ2v) is 12.8. The zero-order valence-electron chi connectivity index (χ0n) is 27.4. The zero-order chi connectivity index (χ0) is 33.3. The monoisotopic (exact) mass is 639 g/mol. The van der Waals surface area contributed by atoms with Crippen LogP contribution in [0.5, 0.6) is 0 Å². The summed E-state index contributed by atoms with van der Waals surface area (Å²) in [6, 6.07) is 55.1. The second-order valence-electron chi connectivity index (χ2n) is 12.8. The van der Waals surface area contributed by atoms with E-state index in [1.165, 1.54) is 27.8 Å². The van der Waals surface area contributed by atoms with Crippen LogP contribution in [0.15, 0.2) is 182 Å². The zero-order valence-corrected chi connectivity index (χ0v) is 27.4. The minimum absolute atomic E-state index is 0.186. The van der Waals surface area contributed by atoms with Gasteiger partial charge in [-0.3, -0.25) is 0 Å². The Kier molecular flexibility index (Phi) is 7.64. The number of benzene rings is 5. The van der Waals surface area contributed by atoms with Crippen molar-refractivity contribution in [2.45, 2.75) is 12.3 Å². The molecule has 2 heterocycles. The Morgan fingerprint density at radius 1 is 0.440 bits per heavy atom. The predicted octanol–water partition coefficient (Wildman–Crippen LogP) is 11.7. The molecule has 1 unspecified atom stereocenters. The highest BCUT2D eigenvalue weighted by atomic mass is 14.9. The van der Waals surface area contributed by atoms with Crippen LogP contribution in [0.25, 0.3) is 67.7 Å². The number of aromatic nitrogens is 3. The Labute approximate surface area is 292 Å². The molecule has 2 aliphatic rings. The molecular weight excluding hydrogens is 607 g/mol.